The van der Waals surface area contributed by atoms with Crippen LogP contribution in [0.5, 0.6) is 0 Å². The zero-order valence-corrected chi connectivity index (χ0v) is 17.1. The van der Waals surface area contributed by atoms with Crippen molar-refractivity contribution in [2.75, 3.05) is 26.8 Å². The molecule has 0 atom stereocenters. The van der Waals surface area contributed by atoms with E-state index in [1.54, 1.807) is 18.4 Å². The van der Waals surface area contributed by atoms with Crippen molar-refractivity contribution in [3.05, 3.63) is 52.0 Å². The predicted molar refractivity (Wildman–Crippen MR) is 108 cm³/mol. The number of benzene rings is 1. The number of methoxy groups -OCH3 is 1. The van der Waals surface area contributed by atoms with Crippen molar-refractivity contribution in [1.29, 1.82) is 0 Å². The van der Waals surface area contributed by atoms with Gasteiger partial charge in [-0.1, -0.05) is 36.8 Å². The summed E-state index contributed by atoms with van der Waals surface area (Å²) in [7, 11) is 1.70. The first kappa shape index (κ1) is 18.6. The van der Waals surface area contributed by atoms with Crippen molar-refractivity contribution in [2.24, 2.45) is 5.41 Å². The Morgan fingerprint density at radius 3 is 2.41 bits per heavy atom. The largest absolute Gasteiger partial charge is 0.384 e. The van der Waals surface area contributed by atoms with Crippen LogP contribution in [-0.2, 0) is 14.9 Å². The number of thiazole rings is 1. The predicted octanol–water partition coefficient (Wildman–Crippen LogP) is 4.18. The lowest BCUT2D eigenvalue weighted by Crippen LogP contribution is -2.54. The lowest BCUT2D eigenvalue weighted by atomic mass is 9.67. The molecular formula is C22H28N2O2S. The zero-order valence-electron chi connectivity index (χ0n) is 16.2. The average Bonchev–Trinajstić information content (AvgIpc) is 3.12. The number of aryl methyl sites for hydroxylation is 1. The van der Waals surface area contributed by atoms with Crippen molar-refractivity contribution in [2.45, 2.75) is 44.4 Å². The summed E-state index contributed by atoms with van der Waals surface area (Å²) in [5.74, 6) is 0.298. The van der Waals surface area contributed by atoms with E-state index in [-0.39, 0.29) is 10.8 Å². The summed E-state index contributed by atoms with van der Waals surface area (Å²) >= 11 is 1.71. The summed E-state index contributed by atoms with van der Waals surface area (Å²) < 4.78 is 5.39. The van der Waals surface area contributed by atoms with Gasteiger partial charge in [0.2, 0.25) is 5.91 Å². The lowest BCUT2D eigenvalue weighted by molar-refractivity contribution is -0.153. The first-order valence-corrected chi connectivity index (χ1v) is 10.7. The topological polar surface area (TPSA) is 42.4 Å². The molecule has 2 aromatic rings. The van der Waals surface area contributed by atoms with E-state index in [4.69, 9.17) is 9.72 Å². The van der Waals surface area contributed by atoms with E-state index >= 15 is 0 Å². The monoisotopic (exact) mass is 384 g/mol. The number of carbonyl (C=O) groups excluding carboxylic acids is 1. The maximum absolute atomic E-state index is 13.2. The van der Waals surface area contributed by atoms with Crippen molar-refractivity contribution in [3.8, 4) is 0 Å². The van der Waals surface area contributed by atoms with E-state index in [0.29, 0.717) is 12.5 Å². The first-order valence-electron chi connectivity index (χ1n) is 9.86. The van der Waals surface area contributed by atoms with Crippen LogP contribution in [0.2, 0.25) is 0 Å². The molecule has 1 aromatic carbocycles. The van der Waals surface area contributed by atoms with Crippen LogP contribution >= 0.6 is 11.3 Å². The van der Waals surface area contributed by atoms with Gasteiger partial charge in [0.25, 0.3) is 0 Å². The minimum atomic E-state index is -0.265. The van der Waals surface area contributed by atoms with Crippen LogP contribution in [-0.4, -0.2) is 42.6 Å². The van der Waals surface area contributed by atoms with Crippen molar-refractivity contribution in [3.63, 3.8) is 0 Å². The highest BCUT2D eigenvalue weighted by atomic mass is 32.1. The molecule has 2 heterocycles. The molecule has 5 heteroatoms. The van der Waals surface area contributed by atoms with Gasteiger partial charge in [-0.25, -0.2) is 4.98 Å². The van der Waals surface area contributed by atoms with Gasteiger partial charge in [-0.3, -0.25) is 4.79 Å². The molecule has 1 saturated carbocycles. The highest BCUT2D eigenvalue weighted by molar-refractivity contribution is 7.09. The molecule has 1 aromatic heterocycles. The Kier molecular flexibility index (Phi) is 5.08. The summed E-state index contributed by atoms with van der Waals surface area (Å²) in [6, 6.07) is 10.7. The lowest BCUT2D eigenvalue weighted by Gasteiger charge is -2.47. The molecule has 4 rings (SSSR count). The molecule has 0 radical (unpaired) electrons. The van der Waals surface area contributed by atoms with Crippen molar-refractivity contribution in [1.82, 2.24) is 9.88 Å². The molecule has 2 fully saturated rings. The van der Waals surface area contributed by atoms with Gasteiger partial charge in [-0.15, -0.1) is 11.3 Å². The summed E-state index contributed by atoms with van der Waals surface area (Å²) in [4.78, 5) is 20.1. The number of hydrogen-bond acceptors (Lipinski definition) is 4. The summed E-state index contributed by atoms with van der Waals surface area (Å²) in [5, 5.41) is 3.31. The smallest absolute Gasteiger partial charge is 0.231 e. The van der Waals surface area contributed by atoms with Crippen LogP contribution in [0.1, 0.15) is 48.4 Å². The van der Waals surface area contributed by atoms with Gasteiger partial charge >= 0.3 is 0 Å². The molecule has 0 N–H and O–H groups in total. The third kappa shape index (κ3) is 3.21. The van der Waals surface area contributed by atoms with E-state index < -0.39 is 0 Å². The molecule has 27 heavy (non-hydrogen) atoms. The molecule has 1 aliphatic carbocycles. The highest BCUT2D eigenvalue weighted by Gasteiger charge is 2.48. The maximum Gasteiger partial charge on any atom is 0.231 e. The quantitative estimate of drug-likeness (QED) is 0.777. The zero-order chi connectivity index (χ0) is 18.9. The third-order valence-corrected chi connectivity index (χ3v) is 7.30. The molecule has 1 amide bonds. The third-order valence-electron chi connectivity index (χ3n) is 6.52. The number of amides is 1. The summed E-state index contributed by atoms with van der Waals surface area (Å²) in [6.45, 7) is 4.19. The Labute approximate surface area is 165 Å². The van der Waals surface area contributed by atoms with Crippen LogP contribution in [0, 0.1) is 12.3 Å². The van der Waals surface area contributed by atoms with Gasteiger partial charge in [0.05, 0.1) is 22.7 Å². The molecule has 0 spiro atoms. The Bertz CT molecular complexity index is 790. The van der Waals surface area contributed by atoms with Crippen LogP contribution in [0.4, 0.5) is 0 Å². The second-order valence-corrected chi connectivity index (χ2v) is 9.12. The summed E-state index contributed by atoms with van der Waals surface area (Å²) in [5.41, 5.74) is 2.13. The number of aromatic nitrogens is 1. The maximum atomic E-state index is 13.2. The molecule has 4 nitrogen and oxygen atoms in total. The van der Waals surface area contributed by atoms with Crippen LogP contribution in [0.25, 0.3) is 0 Å². The second-order valence-electron chi connectivity index (χ2n) is 8.06. The SMILES string of the molecule is COCC1(C(=O)N2CCC(c3ccccc3)(c3csc(C)n3)CC2)CCC1. The van der Waals surface area contributed by atoms with Gasteiger partial charge in [0.15, 0.2) is 0 Å². The number of carbonyl (C=O) groups is 1. The molecule has 1 saturated heterocycles. The normalized spacial score (nSPS) is 20.9. The molecule has 0 unspecified atom stereocenters. The van der Waals surface area contributed by atoms with Crippen molar-refractivity contribution < 1.29 is 9.53 Å². The van der Waals surface area contributed by atoms with Crippen LogP contribution in [0.3, 0.4) is 0 Å². The number of rotatable bonds is 5. The molecule has 144 valence electrons. The van der Waals surface area contributed by atoms with Crippen LogP contribution in [0.15, 0.2) is 35.7 Å². The van der Waals surface area contributed by atoms with Gasteiger partial charge in [0, 0.05) is 31.0 Å². The number of likely N-dealkylation sites (tertiary alicyclic amines) is 1. The van der Waals surface area contributed by atoms with E-state index in [0.717, 1.165) is 50.2 Å². The minimum absolute atomic E-state index is 0.0865. The number of piperidine rings is 1. The van der Waals surface area contributed by atoms with Gasteiger partial charge < -0.3 is 9.64 Å². The van der Waals surface area contributed by atoms with Gasteiger partial charge in [-0.05, 0) is 38.2 Å². The summed E-state index contributed by atoms with van der Waals surface area (Å²) in [6.07, 6.45) is 4.91. The number of ether oxygens (including phenoxy) is 1. The highest BCUT2D eigenvalue weighted by Crippen LogP contribution is 2.46. The minimum Gasteiger partial charge on any atom is -0.384 e. The fourth-order valence-corrected chi connectivity index (χ4v) is 5.47. The van der Waals surface area contributed by atoms with Gasteiger partial charge in [-0.2, -0.15) is 0 Å². The van der Waals surface area contributed by atoms with E-state index in [1.165, 1.54) is 11.3 Å². The molecule has 0 bridgehead atoms. The molecular weight excluding hydrogens is 356 g/mol. The Morgan fingerprint density at radius 2 is 1.89 bits per heavy atom. The van der Waals surface area contributed by atoms with E-state index in [1.807, 2.05) is 0 Å². The van der Waals surface area contributed by atoms with Crippen LogP contribution < -0.4 is 0 Å². The number of hydrogen-bond donors (Lipinski definition) is 0. The standard InChI is InChI=1S/C22H28N2O2S/c1-17-23-19(15-27-17)22(18-7-4-3-5-8-18)11-13-24(14-12-22)20(25)21(16-26-2)9-6-10-21/h3-5,7-8,15H,6,9-14,16H2,1-2H3. The Balaban J connectivity index is 1.58. The number of nitrogens with zero attached hydrogens (tertiary/aromatic N) is 2. The fraction of sp³-hybridized carbons (Fsp3) is 0.545. The first-order chi connectivity index (χ1) is 13.1. The van der Waals surface area contributed by atoms with E-state index in [2.05, 4.69) is 47.5 Å². The Hall–Kier alpha value is -1.72. The second kappa shape index (κ2) is 7.36. The van der Waals surface area contributed by atoms with Crippen molar-refractivity contribution >= 4 is 17.2 Å². The Morgan fingerprint density at radius 1 is 1.19 bits per heavy atom. The van der Waals surface area contributed by atoms with Gasteiger partial charge in [0.1, 0.15) is 0 Å². The average molecular weight is 385 g/mol. The fourth-order valence-electron chi connectivity index (χ4n) is 4.76. The molecule has 2 aliphatic rings. The van der Waals surface area contributed by atoms with E-state index in [9.17, 15) is 4.79 Å². The molecule has 1 aliphatic heterocycles.